The Morgan fingerprint density at radius 1 is 1.27 bits per heavy atom. The first-order valence-electron chi connectivity index (χ1n) is 4.60. The van der Waals surface area contributed by atoms with E-state index in [1.165, 1.54) is 0 Å². The molecule has 0 unspecified atom stereocenters. The van der Waals surface area contributed by atoms with E-state index in [4.69, 9.17) is 4.74 Å². The third-order valence-electron chi connectivity index (χ3n) is 2.20. The first-order chi connectivity index (χ1) is 7.18. The number of aromatic nitrogens is 2. The molecule has 2 aromatic rings. The van der Waals surface area contributed by atoms with Gasteiger partial charge in [-0.2, -0.15) is 5.10 Å². The van der Waals surface area contributed by atoms with Gasteiger partial charge in [-0.1, -0.05) is 18.2 Å². The van der Waals surface area contributed by atoms with Crippen LogP contribution >= 0.6 is 22.6 Å². The highest BCUT2D eigenvalue weighted by molar-refractivity contribution is 14.1. The average molecular weight is 314 g/mol. The van der Waals surface area contributed by atoms with Crippen molar-refractivity contribution >= 4 is 22.6 Å². The fraction of sp³-hybridized carbons (Fsp3) is 0.182. The standard InChI is InChI=1S/C11H11IN2O/c1-8-10(11(12)13-14(8)2)15-9-6-4-3-5-7-9/h3-7H,1-2H3. The molecule has 1 aromatic heterocycles. The van der Waals surface area contributed by atoms with E-state index in [9.17, 15) is 0 Å². The minimum Gasteiger partial charge on any atom is -0.453 e. The van der Waals surface area contributed by atoms with Gasteiger partial charge in [0.1, 0.15) is 5.75 Å². The van der Waals surface area contributed by atoms with Crippen LogP contribution in [0.1, 0.15) is 5.69 Å². The molecular weight excluding hydrogens is 303 g/mol. The number of para-hydroxylation sites is 1. The second-order valence-electron chi connectivity index (χ2n) is 3.24. The van der Waals surface area contributed by atoms with Crippen molar-refractivity contribution in [3.63, 3.8) is 0 Å². The van der Waals surface area contributed by atoms with Crippen LogP contribution in [-0.2, 0) is 7.05 Å². The van der Waals surface area contributed by atoms with E-state index >= 15 is 0 Å². The SMILES string of the molecule is Cc1c(Oc2ccccc2)c(I)nn1C. The zero-order valence-corrected chi connectivity index (χ0v) is 10.7. The van der Waals surface area contributed by atoms with Crippen LogP contribution < -0.4 is 4.74 Å². The maximum absolute atomic E-state index is 5.77. The van der Waals surface area contributed by atoms with Gasteiger partial charge in [-0.15, -0.1) is 0 Å². The lowest BCUT2D eigenvalue weighted by Crippen LogP contribution is -1.93. The second-order valence-corrected chi connectivity index (χ2v) is 4.27. The van der Waals surface area contributed by atoms with Crippen LogP contribution in [-0.4, -0.2) is 9.78 Å². The Balaban J connectivity index is 2.32. The number of ether oxygens (including phenoxy) is 1. The smallest absolute Gasteiger partial charge is 0.181 e. The molecule has 0 radical (unpaired) electrons. The molecule has 78 valence electrons. The van der Waals surface area contributed by atoms with E-state index < -0.39 is 0 Å². The zero-order chi connectivity index (χ0) is 10.8. The van der Waals surface area contributed by atoms with E-state index in [1.807, 2.05) is 49.0 Å². The van der Waals surface area contributed by atoms with Gasteiger partial charge in [0.25, 0.3) is 0 Å². The summed E-state index contributed by atoms with van der Waals surface area (Å²) in [4.78, 5) is 0. The molecule has 4 heteroatoms. The molecule has 15 heavy (non-hydrogen) atoms. The number of halogens is 1. The number of aryl methyl sites for hydroxylation is 1. The molecule has 0 saturated carbocycles. The lowest BCUT2D eigenvalue weighted by atomic mass is 10.3. The van der Waals surface area contributed by atoms with E-state index in [2.05, 4.69) is 27.7 Å². The molecule has 0 fully saturated rings. The van der Waals surface area contributed by atoms with Gasteiger partial charge in [-0.25, -0.2) is 0 Å². The average Bonchev–Trinajstić information content (AvgIpc) is 2.47. The van der Waals surface area contributed by atoms with Crippen LogP contribution in [0, 0.1) is 10.6 Å². The number of rotatable bonds is 2. The Morgan fingerprint density at radius 2 is 1.93 bits per heavy atom. The first-order valence-corrected chi connectivity index (χ1v) is 5.68. The highest BCUT2D eigenvalue weighted by Crippen LogP contribution is 2.28. The Hall–Kier alpha value is -1.04. The summed E-state index contributed by atoms with van der Waals surface area (Å²) in [5.41, 5.74) is 1.03. The topological polar surface area (TPSA) is 27.1 Å². The molecule has 0 amide bonds. The summed E-state index contributed by atoms with van der Waals surface area (Å²) >= 11 is 2.18. The molecule has 0 aliphatic heterocycles. The molecule has 1 aromatic carbocycles. The van der Waals surface area contributed by atoms with Gasteiger partial charge in [0, 0.05) is 7.05 Å². The maximum atomic E-state index is 5.77. The fourth-order valence-corrected chi connectivity index (χ4v) is 2.09. The molecule has 0 bridgehead atoms. The summed E-state index contributed by atoms with van der Waals surface area (Å²) in [5, 5.41) is 4.29. The summed E-state index contributed by atoms with van der Waals surface area (Å²) in [6.45, 7) is 1.99. The largest absolute Gasteiger partial charge is 0.453 e. The van der Waals surface area contributed by atoms with Crippen LogP contribution in [0.4, 0.5) is 0 Å². The molecule has 2 rings (SSSR count). The van der Waals surface area contributed by atoms with E-state index in [0.29, 0.717) is 0 Å². The summed E-state index contributed by atoms with van der Waals surface area (Å²) in [7, 11) is 1.91. The predicted octanol–water partition coefficient (Wildman–Crippen LogP) is 3.13. The van der Waals surface area contributed by atoms with Crippen molar-refractivity contribution in [2.24, 2.45) is 7.05 Å². The fourth-order valence-electron chi connectivity index (χ4n) is 1.27. The van der Waals surface area contributed by atoms with Crippen molar-refractivity contribution in [2.75, 3.05) is 0 Å². The minimum atomic E-state index is 0.837. The Kier molecular flexibility index (Phi) is 2.95. The maximum Gasteiger partial charge on any atom is 0.181 e. The molecule has 0 aliphatic carbocycles. The number of hydrogen-bond acceptors (Lipinski definition) is 2. The monoisotopic (exact) mass is 314 g/mol. The van der Waals surface area contributed by atoms with Crippen LogP contribution in [0.25, 0.3) is 0 Å². The van der Waals surface area contributed by atoms with Gasteiger partial charge in [-0.05, 0) is 41.6 Å². The molecule has 0 spiro atoms. The van der Waals surface area contributed by atoms with Gasteiger partial charge in [0.15, 0.2) is 9.45 Å². The normalized spacial score (nSPS) is 10.3. The highest BCUT2D eigenvalue weighted by Gasteiger charge is 2.12. The van der Waals surface area contributed by atoms with Crippen molar-refractivity contribution in [3.8, 4) is 11.5 Å². The lowest BCUT2D eigenvalue weighted by Gasteiger charge is -2.04. The van der Waals surface area contributed by atoms with E-state index in [-0.39, 0.29) is 0 Å². The van der Waals surface area contributed by atoms with Crippen LogP contribution in [0.5, 0.6) is 11.5 Å². The molecule has 0 aliphatic rings. The molecule has 1 heterocycles. The van der Waals surface area contributed by atoms with Gasteiger partial charge in [0.2, 0.25) is 0 Å². The molecular formula is C11H11IN2O. The molecule has 0 saturated heterocycles. The number of nitrogens with zero attached hydrogens (tertiary/aromatic N) is 2. The van der Waals surface area contributed by atoms with Crippen LogP contribution in [0.15, 0.2) is 30.3 Å². The van der Waals surface area contributed by atoms with E-state index in [1.54, 1.807) is 0 Å². The highest BCUT2D eigenvalue weighted by atomic mass is 127. The Morgan fingerprint density at radius 3 is 2.47 bits per heavy atom. The minimum absolute atomic E-state index is 0.837. The van der Waals surface area contributed by atoms with Crippen LogP contribution in [0.3, 0.4) is 0 Å². The van der Waals surface area contributed by atoms with E-state index in [0.717, 1.165) is 20.9 Å². The predicted molar refractivity (Wildman–Crippen MR) is 67.2 cm³/mol. The number of benzene rings is 1. The Bertz CT molecular complexity index is 465. The quantitative estimate of drug-likeness (QED) is 0.797. The summed E-state index contributed by atoms with van der Waals surface area (Å²) < 4.78 is 8.48. The summed E-state index contributed by atoms with van der Waals surface area (Å²) in [5.74, 6) is 1.68. The van der Waals surface area contributed by atoms with Crippen molar-refractivity contribution in [1.82, 2.24) is 9.78 Å². The van der Waals surface area contributed by atoms with Gasteiger partial charge in [0.05, 0.1) is 5.69 Å². The Labute approximate surface area is 102 Å². The zero-order valence-electron chi connectivity index (χ0n) is 8.57. The molecule has 0 atom stereocenters. The van der Waals surface area contributed by atoms with Crippen molar-refractivity contribution < 1.29 is 4.74 Å². The number of hydrogen-bond donors (Lipinski definition) is 0. The third kappa shape index (κ3) is 2.14. The molecule has 0 N–H and O–H groups in total. The van der Waals surface area contributed by atoms with Gasteiger partial charge >= 0.3 is 0 Å². The third-order valence-corrected chi connectivity index (χ3v) is 2.91. The summed E-state index contributed by atoms with van der Waals surface area (Å²) in [6.07, 6.45) is 0. The van der Waals surface area contributed by atoms with Gasteiger partial charge in [-0.3, -0.25) is 4.68 Å². The molecule has 3 nitrogen and oxygen atoms in total. The van der Waals surface area contributed by atoms with Gasteiger partial charge < -0.3 is 4.74 Å². The van der Waals surface area contributed by atoms with Crippen molar-refractivity contribution in [1.29, 1.82) is 0 Å². The van der Waals surface area contributed by atoms with Crippen molar-refractivity contribution in [3.05, 3.63) is 39.7 Å². The first kappa shape index (κ1) is 10.5. The van der Waals surface area contributed by atoms with Crippen LogP contribution in [0.2, 0.25) is 0 Å². The second kappa shape index (κ2) is 4.22. The summed E-state index contributed by atoms with van der Waals surface area (Å²) in [6, 6.07) is 9.74. The van der Waals surface area contributed by atoms with Crippen molar-refractivity contribution in [2.45, 2.75) is 6.92 Å². The lowest BCUT2D eigenvalue weighted by molar-refractivity contribution is 0.474.